The van der Waals surface area contributed by atoms with E-state index in [0.717, 1.165) is 0 Å². The zero-order valence-electron chi connectivity index (χ0n) is 14.5. The van der Waals surface area contributed by atoms with Gasteiger partial charge in [-0.15, -0.1) is 0 Å². The number of rotatable bonds is 8. The fourth-order valence-corrected chi connectivity index (χ4v) is 2.42. The van der Waals surface area contributed by atoms with Crippen molar-refractivity contribution < 1.29 is 23.8 Å². The minimum Gasteiger partial charge on any atom is -0.491 e. The highest BCUT2D eigenvalue weighted by Crippen LogP contribution is 2.16. The molecule has 1 N–H and O–H groups in total. The average Bonchev–Trinajstić information content (AvgIpc) is 2.72. The van der Waals surface area contributed by atoms with E-state index < -0.39 is 6.10 Å². The minimum atomic E-state index is -0.847. The fourth-order valence-electron chi connectivity index (χ4n) is 2.42. The molecule has 0 unspecified atom stereocenters. The van der Waals surface area contributed by atoms with Crippen LogP contribution in [0, 0.1) is 5.82 Å². The molecule has 0 aromatic heterocycles. The Hall–Kier alpha value is -3.18. The lowest BCUT2D eigenvalue weighted by Crippen LogP contribution is -2.25. The van der Waals surface area contributed by atoms with Crippen LogP contribution in [-0.2, 0) is 0 Å². The van der Waals surface area contributed by atoms with Crippen molar-refractivity contribution in [2.45, 2.75) is 6.10 Å². The first kappa shape index (κ1) is 18.6. The van der Waals surface area contributed by atoms with Gasteiger partial charge in [0, 0.05) is 11.1 Å². The second-order valence-corrected chi connectivity index (χ2v) is 5.95. The Labute approximate surface area is 156 Å². The maximum absolute atomic E-state index is 12.8. The van der Waals surface area contributed by atoms with Gasteiger partial charge in [0.2, 0.25) is 0 Å². The van der Waals surface area contributed by atoms with Crippen molar-refractivity contribution in [2.24, 2.45) is 0 Å². The first-order chi connectivity index (χ1) is 13.1. The molecule has 0 aliphatic carbocycles. The quantitative estimate of drug-likeness (QED) is 0.615. The second kappa shape index (κ2) is 8.96. The van der Waals surface area contributed by atoms with E-state index in [2.05, 4.69) is 0 Å². The van der Waals surface area contributed by atoms with E-state index in [-0.39, 0.29) is 24.8 Å². The molecule has 0 saturated heterocycles. The fraction of sp³-hybridized carbons (Fsp3) is 0.136. The third-order valence-corrected chi connectivity index (χ3v) is 3.85. The standard InChI is InChI=1S/C22H19FO4/c23-18-8-12-21(13-9-18)27-15-19(24)14-26-20-10-6-17(7-11-20)22(25)16-4-2-1-3-5-16/h1-13,19,24H,14-15H2/t19-/m0/s1. The molecule has 27 heavy (non-hydrogen) atoms. The van der Waals surface area contributed by atoms with E-state index in [0.29, 0.717) is 22.6 Å². The third kappa shape index (κ3) is 5.39. The van der Waals surface area contributed by atoms with Crippen LogP contribution >= 0.6 is 0 Å². The molecule has 3 rings (SSSR count). The molecule has 5 heteroatoms. The molecule has 0 amide bonds. The van der Waals surface area contributed by atoms with Crippen LogP contribution in [0.15, 0.2) is 78.9 Å². The molecule has 3 aromatic rings. The summed E-state index contributed by atoms with van der Waals surface area (Å²) >= 11 is 0. The summed E-state index contributed by atoms with van der Waals surface area (Å²) in [5.41, 5.74) is 1.19. The number of hydrogen-bond acceptors (Lipinski definition) is 4. The van der Waals surface area contributed by atoms with E-state index in [4.69, 9.17) is 9.47 Å². The largest absolute Gasteiger partial charge is 0.491 e. The summed E-state index contributed by atoms with van der Waals surface area (Å²) < 4.78 is 23.7. The monoisotopic (exact) mass is 366 g/mol. The Morgan fingerprint density at radius 1 is 0.778 bits per heavy atom. The Morgan fingerprint density at radius 3 is 1.81 bits per heavy atom. The summed E-state index contributed by atoms with van der Waals surface area (Å²) in [6.07, 6.45) is -0.847. The lowest BCUT2D eigenvalue weighted by Gasteiger charge is -2.14. The number of benzene rings is 3. The van der Waals surface area contributed by atoms with Gasteiger partial charge in [0.25, 0.3) is 0 Å². The van der Waals surface area contributed by atoms with Crippen LogP contribution in [0.4, 0.5) is 4.39 Å². The molecule has 0 bridgehead atoms. The van der Waals surface area contributed by atoms with Gasteiger partial charge in [-0.25, -0.2) is 4.39 Å². The smallest absolute Gasteiger partial charge is 0.193 e. The van der Waals surface area contributed by atoms with Gasteiger partial charge in [-0.3, -0.25) is 4.79 Å². The van der Waals surface area contributed by atoms with E-state index in [9.17, 15) is 14.3 Å². The maximum atomic E-state index is 12.8. The maximum Gasteiger partial charge on any atom is 0.193 e. The number of aliphatic hydroxyl groups excluding tert-OH is 1. The number of carbonyl (C=O) groups is 1. The highest BCUT2D eigenvalue weighted by atomic mass is 19.1. The summed E-state index contributed by atoms with van der Waals surface area (Å²) in [7, 11) is 0. The molecule has 0 aliphatic rings. The molecular formula is C22H19FO4. The zero-order valence-corrected chi connectivity index (χ0v) is 14.5. The average molecular weight is 366 g/mol. The summed E-state index contributed by atoms with van der Waals surface area (Å²) in [4.78, 5) is 12.3. The minimum absolute atomic E-state index is 0.0240. The predicted molar refractivity (Wildman–Crippen MR) is 99.7 cm³/mol. The molecular weight excluding hydrogens is 347 g/mol. The highest BCUT2D eigenvalue weighted by molar-refractivity contribution is 6.08. The van der Waals surface area contributed by atoms with Gasteiger partial charge >= 0.3 is 0 Å². The zero-order chi connectivity index (χ0) is 19.1. The van der Waals surface area contributed by atoms with Gasteiger partial charge in [-0.05, 0) is 48.5 Å². The normalized spacial score (nSPS) is 11.6. The van der Waals surface area contributed by atoms with Crippen molar-refractivity contribution in [1.29, 1.82) is 0 Å². The van der Waals surface area contributed by atoms with Crippen LogP contribution in [0.5, 0.6) is 11.5 Å². The summed E-state index contributed by atoms with van der Waals surface area (Å²) in [6, 6.07) is 21.3. The van der Waals surface area contributed by atoms with Crippen molar-refractivity contribution in [3.63, 3.8) is 0 Å². The molecule has 0 saturated carbocycles. The van der Waals surface area contributed by atoms with E-state index in [1.54, 1.807) is 36.4 Å². The van der Waals surface area contributed by atoms with E-state index in [1.165, 1.54) is 24.3 Å². The lowest BCUT2D eigenvalue weighted by molar-refractivity contribution is 0.0626. The van der Waals surface area contributed by atoms with Gasteiger partial charge in [0.15, 0.2) is 5.78 Å². The molecule has 0 radical (unpaired) electrons. The van der Waals surface area contributed by atoms with Crippen molar-refractivity contribution in [3.05, 3.63) is 95.8 Å². The van der Waals surface area contributed by atoms with Gasteiger partial charge < -0.3 is 14.6 Å². The number of ketones is 1. The molecule has 0 aliphatic heterocycles. The lowest BCUT2D eigenvalue weighted by atomic mass is 10.0. The third-order valence-electron chi connectivity index (χ3n) is 3.85. The molecule has 4 nitrogen and oxygen atoms in total. The Bertz CT molecular complexity index is 861. The molecule has 1 atom stereocenters. The Kier molecular flexibility index (Phi) is 6.18. The first-order valence-electron chi connectivity index (χ1n) is 8.51. The van der Waals surface area contributed by atoms with Gasteiger partial charge in [-0.2, -0.15) is 0 Å². The predicted octanol–water partition coefficient (Wildman–Crippen LogP) is 3.88. The second-order valence-electron chi connectivity index (χ2n) is 5.95. The topological polar surface area (TPSA) is 55.8 Å². The van der Waals surface area contributed by atoms with Gasteiger partial charge in [0.1, 0.15) is 36.6 Å². The first-order valence-corrected chi connectivity index (χ1v) is 8.51. The summed E-state index contributed by atoms with van der Waals surface area (Å²) in [5, 5.41) is 9.94. The number of ether oxygens (including phenoxy) is 2. The van der Waals surface area contributed by atoms with Crippen LogP contribution in [0.2, 0.25) is 0 Å². The van der Waals surface area contributed by atoms with E-state index >= 15 is 0 Å². The van der Waals surface area contributed by atoms with Crippen LogP contribution in [0.25, 0.3) is 0 Å². The number of hydrogen-bond donors (Lipinski definition) is 1. The van der Waals surface area contributed by atoms with Crippen molar-refractivity contribution in [2.75, 3.05) is 13.2 Å². The molecule has 0 spiro atoms. The van der Waals surface area contributed by atoms with Gasteiger partial charge in [0.05, 0.1) is 0 Å². The van der Waals surface area contributed by atoms with Crippen molar-refractivity contribution in [1.82, 2.24) is 0 Å². The van der Waals surface area contributed by atoms with Crippen molar-refractivity contribution >= 4 is 5.78 Å². The molecule has 0 fully saturated rings. The molecule has 0 heterocycles. The van der Waals surface area contributed by atoms with Crippen molar-refractivity contribution in [3.8, 4) is 11.5 Å². The SMILES string of the molecule is O=C(c1ccccc1)c1ccc(OC[C@H](O)COc2ccc(F)cc2)cc1. The summed E-state index contributed by atoms with van der Waals surface area (Å²) in [5.74, 6) is 0.606. The Morgan fingerprint density at radius 2 is 1.26 bits per heavy atom. The number of aliphatic hydroxyl groups is 1. The molecule has 3 aromatic carbocycles. The van der Waals surface area contributed by atoms with E-state index in [1.807, 2.05) is 18.2 Å². The molecule has 138 valence electrons. The van der Waals surface area contributed by atoms with Crippen LogP contribution in [0.1, 0.15) is 15.9 Å². The van der Waals surface area contributed by atoms with Crippen LogP contribution in [-0.4, -0.2) is 30.2 Å². The number of carbonyl (C=O) groups excluding carboxylic acids is 1. The van der Waals surface area contributed by atoms with Crippen LogP contribution < -0.4 is 9.47 Å². The number of halogens is 1. The Balaban J connectivity index is 1.48. The van der Waals surface area contributed by atoms with Crippen LogP contribution in [0.3, 0.4) is 0 Å². The summed E-state index contributed by atoms with van der Waals surface area (Å²) in [6.45, 7) is 0.0589. The van der Waals surface area contributed by atoms with Gasteiger partial charge in [-0.1, -0.05) is 30.3 Å². The highest BCUT2D eigenvalue weighted by Gasteiger charge is 2.10.